The third-order valence-electron chi connectivity index (χ3n) is 7.77. The van der Waals surface area contributed by atoms with Crippen molar-refractivity contribution in [3.05, 3.63) is 88.9 Å². The number of rotatable bonds is 8. The number of hydrogen-bond donors (Lipinski definition) is 1. The minimum absolute atomic E-state index is 0.0711. The summed E-state index contributed by atoms with van der Waals surface area (Å²) in [5.41, 5.74) is 6.44. The Morgan fingerprint density at radius 2 is 1.97 bits per heavy atom. The molecule has 1 saturated heterocycles. The topological polar surface area (TPSA) is 74.3 Å². The highest BCUT2D eigenvalue weighted by Gasteiger charge is 2.30. The van der Waals surface area contributed by atoms with Crippen molar-refractivity contribution in [3.8, 4) is 5.75 Å². The Kier molecular flexibility index (Phi) is 7.10. The fourth-order valence-electron chi connectivity index (χ4n) is 5.88. The maximum atomic E-state index is 13.2. The van der Waals surface area contributed by atoms with Crippen LogP contribution < -0.4 is 4.74 Å². The first-order chi connectivity index (χ1) is 18.6. The number of piperidine rings is 1. The van der Waals surface area contributed by atoms with Crippen molar-refractivity contribution in [2.24, 2.45) is 5.92 Å². The van der Waals surface area contributed by atoms with Gasteiger partial charge in [-0.05, 0) is 80.6 Å². The van der Waals surface area contributed by atoms with E-state index in [4.69, 9.17) is 4.74 Å². The molecule has 1 amide bonds. The van der Waals surface area contributed by atoms with Crippen LogP contribution in [0.25, 0.3) is 10.9 Å². The van der Waals surface area contributed by atoms with Gasteiger partial charge in [-0.15, -0.1) is 0 Å². The van der Waals surface area contributed by atoms with Crippen molar-refractivity contribution in [1.82, 2.24) is 25.0 Å². The lowest BCUT2D eigenvalue weighted by Crippen LogP contribution is -2.42. The van der Waals surface area contributed by atoms with Gasteiger partial charge in [0.15, 0.2) is 5.69 Å². The number of carbonyl (C=O) groups is 1. The number of fused-ring (bicyclic) bond motifs is 2. The Morgan fingerprint density at radius 3 is 2.89 bits per heavy atom. The molecular formula is C31H35N5O2. The molecule has 1 fully saturated rings. The molecule has 7 nitrogen and oxygen atoms in total. The summed E-state index contributed by atoms with van der Waals surface area (Å²) in [6.07, 6.45) is 6.98. The van der Waals surface area contributed by atoms with Crippen LogP contribution in [-0.2, 0) is 25.9 Å². The first-order valence-electron chi connectivity index (χ1n) is 13.7. The maximum Gasteiger partial charge on any atom is 0.274 e. The number of aromatic amines is 1. The first kappa shape index (κ1) is 24.6. The second kappa shape index (κ2) is 11.0. The van der Waals surface area contributed by atoms with Crippen LogP contribution in [0, 0.1) is 5.92 Å². The summed E-state index contributed by atoms with van der Waals surface area (Å²) < 4.78 is 6.24. The molecule has 1 N–H and O–H groups in total. The minimum atomic E-state index is 0.0711. The van der Waals surface area contributed by atoms with Crippen molar-refractivity contribution in [2.75, 3.05) is 26.7 Å². The van der Waals surface area contributed by atoms with Gasteiger partial charge >= 0.3 is 0 Å². The van der Waals surface area contributed by atoms with E-state index in [2.05, 4.69) is 69.6 Å². The zero-order chi connectivity index (χ0) is 25.9. The lowest BCUT2D eigenvalue weighted by atomic mass is 9.98. The van der Waals surface area contributed by atoms with E-state index in [0.717, 1.165) is 80.8 Å². The van der Waals surface area contributed by atoms with Crippen molar-refractivity contribution >= 4 is 16.8 Å². The van der Waals surface area contributed by atoms with Crippen LogP contribution in [0.1, 0.15) is 52.1 Å². The molecule has 6 rings (SSSR count). The zero-order valence-electron chi connectivity index (χ0n) is 22.0. The summed E-state index contributed by atoms with van der Waals surface area (Å²) in [6.45, 7) is 3.84. The molecule has 2 aromatic heterocycles. The van der Waals surface area contributed by atoms with Gasteiger partial charge in [0.1, 0.15) is 5.75 Å². The SMILES string of the molecule is CN(Cc1cccc(OCC2CCCN(C(=O)c3n[nH]c4c3CCC4)C2)c1)Cc1ccc2ncccc2c1. The van der Waals surface area contributed by atoms with Gasteiger partial charge in [-0.2, -0.15) is 5.10 Å². The van der Waals surface area contributed by atoms with Gasteiger partial charge < -0.3 is 9.64 Å². The summed E-state index contributed by atoms with van der Waals surface area (Å²) >= 11 is 0. The average Bonchev–Trinajstić information content (AvgIpc) is 3.56. The lowest BCUT2D eigenvalue weighted by molar-refractivity contribution is 0.0626. The number of benzene rings is 2. The highest BCUT2D eigenvalue weighted by atomic mass is 16.5. The minimum Gasteiger partial charge on any atom is -0.493 e. The van der Waals surface area contributed by atoms with Gasteiger partial charge in [-0.3, -0.25) is 19.8 Å². The fraction of sp³-hybridized carbons (Fsp3) is 0.387. The van der Waals surface area contributed by atoms with E-state index in [1.165, 1.54) is 16.5 Å². The van der Waals surface area contributed by atoms with Gasteiger partial charge in [-0.25, -0.2) is 0 Å². The molecule has 196 valence electrons. The van der Waals surface area contributed by atoms with Gasteiger partial charge in [0.25, 0.3) is 5.91 Å². The van der Waals surface area contributed by atoms with Gasteiger partial charge in [0.05, 0.1) is 12.1 Å². The molecule has 0 saturated carbocycles. The van der Waals surface area contributed by atoms with Gasteiger partial charge in [0, 0.05) is 54.9 Å². The van der Waals surface area contributed by atoms with Crippen molar-refractivity contribution in [2.45, 2.75) is 45.2 Å². The molecular weight excluding hydrogens is 474 g/mol. The maximum absolute atomic E-state index is 13.2. The number of aromatic nitrogens is 3. The largest absolute Gasteiger partial charge is 0.493 e. The normalized spacial score (nSPS) is 17.2. The monoisotopic (exact) mass is 509 g/mol. The average molecular weight is 510 g/mol. The molecule has 1 aliphatic carbocycles. The number of carbonyl (C=O) groups excluding carboxylic acids is 1. The number of H-pyrrole nitrogens is 1. The Hall–Kier alpha value is -3.71. The third kappa shape index (κ3) is 5.43. The predicted octanol–water partition coefficient (Wildman–Crippen LogP) is 5.01. The molecule has 2 aromatic carbocycles. The van der Waals surface area contributed by atoms with Gasteiger partial charge in [0.2, 0.25) is 0 Å². The van der Waals surface area contributed by atoms with Crippen LogP contribution in [0.4, 0.5) is 0 Å². The standard InChI is InChI=1S/C31H35N5O2/c1-35(19-23-12-13-28-25(16-23)8-4-14-32-28)18-22-6-2-9-26(17-22)38-21-24-7-5-15-36(20-24)31(37)30-27-10-3-11-29(27)33-34-30/h2,4,6,8-9,12-14,16-17,24H,3,5,7,10-11,15,18-21H2,1H3,(H,33,34). The summed E-state index contributed by atoms with van der Waals surface area (Å²) in [5.74, 6) is 1.29. The van der Waals surface area contributed by atoms with E-state index in [1.54, 1.807) is 0 Å². The number of pyridine rings is 1. The summed E-state index contributed by atoms with van der Waals surface area (Å²) in [5, 5.41) is 8.60. The fourth-order valence-corrected chi connectivity index (χ4v) is 5.88. The second-order valence-corrected chi connectivity index (χ2v) is 10.8. The summed E-state index contributed by atoms with van der Waals surface area (Å²) in [4.78, 5) is 21.9. The molecule has 4 aromatic rings. The zero-order valence-corrected chi connectivity index (χ0v) is 22.0. The van der Waals surface area contributed by atoms with E-state index in [-0.39, 0.29) is 5.91 Å². The Morgan fingerprint density at radius 1 is 1.08 bits per heavy atom. The van der Waals surface area contributed by atoms with E-state index >= 15 is 0 Å². The van der Waals surface area contributed by atoms with Crippen molar-refractivity contribution in [1.29, 1.82) is 0 Å². The van der Waals surface area contributed by atoms with Crippen LogP contribution in [-0.4, -0.2) is 57.6 Å². The van der Waals surface area contributed by atoms with E-state index in [0.29, 0.717) is 18.2 Å². The number of amides is 1. The Balaban J connectivity index is 1.02. The van der Waals surface area contributed by atoms with E-state index in [9.17, 15) is 4.79 Å². The molecule has 38 heavy (non-hydrogen) atoms. The number of ether oxygens (including phenoxy) is 1. The Labute approximate surface area is 223 Å². The highest BCUT2D eigenvalue weighted by molar-refractivity contribution is 5.94. The predicted molar refractivity (Wildman–Crippen MR) is 148 cm³/mol. The van der Waals surface area contributed by atoms with Crippen LogP contribution in [0.2, 0.25) is 0 Å². The van der Waals surface area contributed by atoms with Crippen LogP contribution in [0.15, 0.2) is 60.8 Å². The summed E-state index contributed by atoms with van der Waals surface area (Å²) in [7, 11) is 2.14. The second-order valence-electron chi connectivity index (χ2n) is 10.8. The molecule has 3 heterocycles. The van der Waals surface area contributed by atoms with Crippen LogP contribution in [0.3, 0.4) is 0 Å². The molecule has 0 radical (unpaired) electrons. The number of likely N-dealkylation sites (tertiary alicyclic amines) is 1. The number of nitrogens with one attached hydrogen (secondary N) is 1. The highest BCUT2D eigenvalue weighted by Crippen LogP contribution is 2.26. The first-order valence-corrected chi connectivity index (χ1v) is 13.7. The molecule has 1 atom stereocenters. The van der Waals surface area contributed by atoms with Crippen molar-refractivity contribution < 1.29 is 9.53 Å². The van der Waals surface area contributed by atoms with Crippen molar-refractivity contribution in [3.63, 3.8) is 0 Å². The van der Waals surface area contributed by atoms with Gasteiger partial charge in [-0.1, -0.05) is 24.3 Å². The quantitative estimate of drug-likeness (QED) is 0.361. The number of hydrogen-bond acceptors (Lipinski definition) is 5. The molecule has 7 heteroatoms. The number of nitrogens with zero attached hydrogens (tertiary/aromatic N) is 4. The molecule has 0 spiro atoms. The van der Waals surface area contributed by atoms with Crippen LogP contribution in [0.5, 0.6) is 5.75 Å². The number of aryl methyl sites for hydroxylation is 1. The third-order valence-corrected chi connectivity index (χ3v) is 7.77. The molecule has 2 aliphatic rings. The van der Waals surface area contributed by atoms with Crippen LogP contribution >= 0.6 is 0 Å². The van der Waals surface area contributed by atoms with E-state index in [1.807, 2.05) is 23.2 Å². The molecule has 1 aliphatic heterocycles. The molecule has 1 unspecified atom stereocenters. The lowest BCUT2D eigenvalue weighted by Gasteiger charge is -2.32. The smallest absolute Gasteiger partial charge is 0.274 e. The Bertz CT molecular complexity index is 1430. The molecule has 0 bridgehead atoms. The van der Waals surface area contributed by atoms with E-state index < -0.39 is 0 Å². The summed E-state index contributed by atoms with van der Waals surface area (Å²) in [6, 6.07) is 18.9.